The molecule has 5 rings (SSSR count). The van der Waals surface area contributed by atoms with Crippen molar-refractivity contribution in [3.05, 3.63) is 78.9 Å². The van der Waals surface area contributed by atoms with Crippen LogP contribution in [0.2, 0.25) is 0 Å². The lowest BCUT2D eigenvalue weighted by Gasteiger charge is -2.38. The lowest BCUT2D eigenvalue weighted by atomic mass is 10.0. The van der Waals surface area contributed by atoms with Crippen molar-refractivity contribution in [1.82, 2.24) is 13.7 Å². The summed E-state index contributed by atoms with van der Waals surface area (Å²) in [6.45, 7) is 6.44. The zero-order valence-corrected chi connectivity index (χ0v) is 20.2. The van der Waals surface area contributed by atoms with Crippen LogP contribution in [0.5, 0.6) is 0 Å². The molecule has 0 saturated carbocycles. The Balaban J connectivity index is 2.03. The van der Waals surface area contributed by atoms with Crippen LogP contribution in [0.4, 0.5) is 0 Å². The van der Waals surface area contributed by atoms with Crippen molar-refractivity contribution in [3.63, 3.8) is 0 Å². The second kappa shape index (κ2) is 7.08. The summed E-state index contributed by atoms with van der Waals surface area (Å²) in [5.74, 6) is 1.42. The highest BCUT2D eigenvalue weighted by molar-refractivity contribution is 9.10. The van der Waals surface area contributed by atoms with Crippen molar-refractivity contribution in [2.24, 2.45) is 14.1 Å². The smallest absolute Gasteiger partial charge is 0.331 e. The molecule has 1 aromatic carbocycles. The molecule has 1 aliphatic rings. The standard InChI is InChI=1S/C24H24BrN3O4/c1-13-9-10-16(32-13)21-20-19-17(22(29)27(5)23(30)26(19)4)18(14-7-6-8-15(25)11-14)28(20)24(2,3)12-31-21/h6-11,21H,12H2,1-5H3/t21-/m1/s1. The lowest BCUT2D eigenvalue weighted by Crippen LogP contribution is -2.40. The van der Waals surface area contributed by atoms with Gasteiger partial charge in [-0.3, -0.25) is 13.9 Å². The first kappa shape index (κ1) is 21.0. The number of fused-ring (bicyclic) bond motifs is 3. The maximum absolute atomic E-state index is 13.5. The van der Waals surface area contributed by atoms with E-state index in [9.17, 15) is 9.59 Å². The number of ether oxygens (including phenoxy) is 1. The van der Waals surface area contributed by atoms with E-state index in [1.54, 1.807) is 7.05 Å². The Morgan fingerprint density at radius 3 is 2.50 bits per heavy atom. The van der Waals surface area contributed by atoms with Gasteiger partial charge in [-0.25, -0.2) is 4.79 Å². The molecule has 0 N–H and O–H groups in total. The van der Waals surface area contributed by atoms with Crippen LogP contribution in [-0.2, 0) is 24.4 Å². The van der Waals surface area contributed by atoms with Crippen LogP contribution in [0.3, 0.4) is 0 Å². The van der Waals surface area contributed by atoms with E-state index in [1.165, 1.54) is 11.6 Å². The molecule has 3 aromatic heterocycles. The summed E-state index contributed by atoms with van der Waals surface area (Å²) in [6, 6.07) is 11.6. The highest BCUT2D eigenvalue weighted by Crippen LogP contribution is 2.45. The molecule has 0 spiro atoms. The normalized spacial score (nSPS) is 17.6. The molecular formula is C24H24BrN3O4. The number of aryl methyl sites for hydroxylation is 2. The number of hydrogen-bond acceptors (Lipinski definition) is 4. The monoisotopic (exact) mass is 497 g/mol. The van der Waals surface area contributed by atoms with Gasteiger partial charge in [-0.2, -0.15) is 0 Å². The van der Waals surface area contributed by atoms with E-state index in [4.69, 9.17) is 9.15 Å². The molecule has 0 fully saturated rings. The summed E-state index contributed by atoms with van der Waals surface area (Å²) in [5.41, 5.74) is 1.80. The van der Waals surface area contributed by atoms with Crippen LogP contribution < -0.4 is 11.2 Å². The van der Waals surface area contributed by atoms with Crippen molar-refractivity contribution < 1.29 is 9.15 Å². The van der Waals surface area contributed by atoms with Gasteiger partial charge in [0.15, 0.2) is 6.10 Å². The fraction of sp³-hybridized carbons (Fsp3) is 0.333. The summed E-state index contributed by atoms with van der Waals surface area (Å²) in [4.78, 5) is 26.5. The molecule has 4 aromatic rings. The Bertz CT molecular complexity index is 1500. The minimum absolute atomic E-state index is 0.329. The molecular weight excluding hydrogens is 474 g/mol. The predicted molar refractivity (Wildman–Crippen MR) is 126 cm³/mol. The molecule has 1 aliphatic heterocycles. The molecule has 0 radical (unpaired) electrons. The molecule has 1 atom stereocenters. The van der Waals surface area contributed by atoms with Gasteiger partial charge in [0, 0.05) is 24.1 Å². The van der Waals surface area contributed by atoms with Gasteiger partial charge in [-0.05, 0) is 45.0 Å². The third-order valence-electron chi connectivity index (χ3n) is 6.18. The van der Waals surface area contributed by atoms with Crippen LogP contribution in [0.1, 0.15) is 37.2 Å². The first-order chi connectivity index (χ1) is 15.1. The zero-order valence-electron chi connectivity index (χ0n) is 18.6. The minimum atomic E-state index is -0.544. The van der Waals surface area contributed by atoms with Gasteiger partial charge in [-0.15, -0.1) is 0 Å². The lowest BCUT2D eigenvalue weighted by molar-refractivity contribution is -0.0166. The van der Waals surface area contributed by atoms with Crippen LogP contribution in [0.15, 0.2) is 54.9 Å². The maximum Gasteiger partial charge on any atom is 0.331 e. The molecule has 0 aliphatic carbocycles. The molecule has 7 nitrogen and oxygen atoms in total. The van der Waals surface area contributed by atoms with Gasteiger partial charge in [0.25, 0.3) is 5.56 Å². The first-order valence-corrected chi connectivity index (χ1v) is 11.2. The second-order valence-electron chi connectivity index (χ2n) is 8.96. The predicted octanol–water partition coefficient (Wildman–Crippen LogP) is 4.22. The topological polar surface area (TPSA) is 71.3 Å². The van der Waals surface area contributed by atoms with E-state index in [0.29, 0.717) is 23.3 Å². The fourth-order valence-electron chi connectivity index (χ4n) is 4.72. The summed E-state index contributed by atoms with van der Waals surface area (Å²) in [6.07, 6.45) is -0.544. The Hall–Kier alpha value is -2.84. The summed E-state index contributed by atoms with van der Waals surface area (Å²) < 4.78 is 18.0. The van der Waals surface area contributed by atoms with Gasteiger partial charge in [-0.1, -0.05) is 28.1 Å². The number of halogens is 1. The summed E-state index contributed by atoms with van der Waals surface area (Å²) in [7, 11) is 3.21. The van der Waals surface area contributed by atoms with E-state index in [0.717, 1.165) is 31.8 Å². The zero-order chi connectivity index (χ0) is 22.9. The van der Waals surface area contributed by atoms with Crippen LogP contribution >= 0.6 is 15.9 Å². The fourth-order valence-corrected chi connectivity index (χ4v) is 5.12. The molecule has 0 saturated heterocycles. The summed E-state index contributed by atoms with van der Waals surface area (Å²) in [5, 5.41) is 0.495. The minimum Gasteiger partial charge on any atom is -0.463 e. The highest BCUT2D eigenvalue weighted by Gasteiger charge is 2.41. The van der Waals surface area contributed by atoms with E-state index in [1.807, 2.05) is 43.3 Å². The third kappa shape index (κ3) is 2.89. The quantitative estimate of drug-likeness (QED) is 0.415. The highest BCUT2D eigenvalue weighted by atomic mass is 79.9. The van der Waals surface area contributed by atoms with Gasteiger partial charge in [0.2, 0.25) is 0 Å². The molecule has 0 unspecified atom stereocenters. The van der Waals surface area contributed by atoms with Gasteiger partial charge < -0.3 is 13.7 Å². The molecule has 8 heteroatoms. The largest absolute Gasteiger partial charge is 0.463 e. The van der Waals surface area contributed by atoms with Gasteiger partial charge in [0.1, 0.15) is 11.5 Å². The SMILES string of the molecule is Cc1ccc([C@H]2OCC(C)(C)n3c(-c4cccc(Br)c4)c4c(=O)n(C)c(=O)n(C)c4c32)o1. The Morgan fingerprint density at radius 2 is 1.84 bits per heavy atom. The van der Waals surface area contributed by atoms with Crippen molar-refractivity contribution in [2.45, 2.75) is 32.4 Å². The molecule has 0 bridgehead atoms. The van der Waals surface area contributed by atoms with Crippen molar-refractivity contribution >= 4 is 26.8 Å². The van der Waals surface area contributed by atoms with E-state index in [-0.39, 0.29) is 11.2 Å². The number of rotatable bonds is 2. The Labute approximate surface area is 193 Å². The molecule has 4 heterocycles. The third-order valence-corrected chi connectivity index (χ3v) is 6.68. The molecule has 32 heavy (non-hydrogen) atoms. The average Bonchev–Trinajstić information content (AvgIpc) is 3.33. The molecule has 166 valence electrons. The number of aromatic nitrogens is 3. The Kier molecular flexibility index (Phi) is 4.65. The van der Waals surface area contributed by atoms with E-state index < -0.39 is 11.6 Å². The number of nitrogens with zero attached hydrogens (tertiary/aromatic N) is 3. The van der Waals surface area contributed by atoms with E-state index in [2.05, 4.69) is 34.3 Å². The number of furan rings is 1. The maximum atomic E-state index is 13.5. The van der Waals surface area contributed by atoms with Crippen molar-refractivity contribution in [2.75, 3.05) is 6.61 Å². The summed E-state index contributed by atoms with van der Waals surface area (Å²) >= 11 is 3.56. The average molecular weight is 498 g/mol. The van der Waals surface area contributed by atoms with Gasteiger partial charge >= 0.3 is 5.69 Å². The van der Waals surface area contributed by atoms with Crippen LogP contribution in [0, 0.1) is 6.92 Å². The Morgan fingerprint density at radius 1 is 1.09 bits per heavy atom. The van der Waals surface area contributed by atoms with Crippen LogP contribution in [0.25, 0.3) is 22.2 Å². The van der Waals surface area contributed by atoms with Crippen LogP contribution in [-0.4, -0.2) is 20.3 Å². The van der Waals surface area contributed by atoms with Crippen molar-refractivity contribution in [3.8, 4) is 11.3 Å². The van der Waals surface area contributed by atoms with Crippen molar-refractivity contribution in [1.29, 1.82) is 0 Å². The first-order valence-electron chi connectivity index (χ1n) is 10.4. The number of benzene rings is 1. The number of hydrogen-bond donors (Lipinski definition) is 0. The molecule has 0 amide bonds. The van der Waals surface area contributed by atoms with E-state index >= 15 is 0 Å². The second-order valence-corrected chi connectivity index (χ2v) is 9.88. The van der Waals surface area contributed by atoms with Gasteiger partial charge in [0.05, 0.1) is 34.4 Å².